The van der Waals surface area contributed by atoms with E-state index in [-0.39, 0.29) is 5.91 Å². The van der Waals surface area contributed by atoms with Crippen LogP contribution in [0.15, 0.2) is 0 Å². The molecule has 0 aromatic rings. The van der Waals surface area contributed by atoms with Gasteiger partial charge in [-0.3, -0.25) is 4.79 Å². The summed E-state index contributed by atoms with van der Waals surface area (Å²) < 4.78 is 4.99. The van der Waals surface area contributed by atoms with Crippen molar-refractivity contribution in [2.24, 2.45) is 5.73 Å². The average molecular weight is 146 g/mol. The fourth-order valence-corrected chi connectivity index (χ4v) is 0.485. The van der Waals surface area contributed by atoms with Crippen molar-refractivity contribution in [1.82, 2.24) is 5.32 Å². The van der Waals surface area contributed by atoms with E-state index in [0.717, 1.165) is 0 Å². The molecule has 0 atom stereocenters. The number of nitrogens with one attached hydrogen (secondary N) is 1. The molecule has 0 saturated heterocycles. The van der Waals surface area contributed by atoms with E-state index in [1.165, 1.54) is 6.92 Å². The van der Waals surface area contributed by atoms with Gasteiger partial charge in [-0.05, 0) is 0 Å². The van der Waals surface area contributed by atoms with E-state index in [9.17, 15) is 4.79 Å². The number of hydrogen-bond donors (Lipinski definition) is 2. The van der Waals surface area contributed by atoms with E-state index < -0.39 is 0 Å². The van der Waals surface area contributed by atoms with Gasteiger partial charge in [0, 0.05) is 20.0 Å². The molecule has 0 saturated carbocycles. The summed E-state index contributed by atoms with van der Waals surface area (Å²) in [6.45, 7) is 3.66. The molecule has 60 valence electrons. The topological polar surface area (TPSA) is 64.3 Å². The lowest BCUT2D eigenvalue weighted by Crippen LogP contribution is -2.25. The third-order valence-electron chi connectivity index (χ3n) is 0.883. The van der Waals surface area contributed by atoms with Crippen LogP contribution < -0.4 is 11.1 Å². The van der Waals surface area contributed by atoms with Crippen molar-refractivity contribution in [3.05, 3.63) is 0 Å². The normalized spacial score (nSPS) is 9.40. The molecule has 3 N–H and O–H groups in total. The van der Waals surface area contributed by atoms with Gasteiger partial charge in [0.15, 0.2) is 0 Å². The van der Waals surface area contributed by atoms with Gasteiger partial charge in [0.2, 0.25) is 5.91 Å². The van der Waals surface area contributed by atoms with Crippen LogP contribution in [0.5, 0.6) is 0 Å². The summed E-state index contributed by atoms with van der Waals surface area (Å²) in [4.78, 5) is 10.3. The highest BCUT2D eigenvalue weighted by Gasteiger charge is 1.88. The molecule has 0 bridgehead atoms. The molecule has 4 heteroatoms. The van der Waals surface area contributed by atoms with Crippen LogP contribution in [-0.4, -0.2) is 32.2 Å². The zero-order valence-corrected chi connectivity index (χ0v) is 6.22. The number of carbonyl (C=O) groups excluding carboxylic acids is 1. The predicted octanol–water partition coefficient (Wildman–Crippen LogP) is -0.902. The second kappa shape index (κ2) is 6.51. The quantitative estimate of drug-likeness (QED) is 0.494. The zero-order valence-electron chi connectivity index (χ0n) is 6.22. The van der Waals surface area contributed by atoms with Gasteiger partial charge >= 0.3 is 0 Å². The summed E-state index contributed by atoms with van der Waals surface area (Å²) in [7, 11) is 0. The molecule has 1 amide bonds. The summed E-state index contributed by atoms with van der Waals surface area (Å²) >= 11 is 0. The maximum atomic E-state index is 10.3. The Morgan fingerprint density at radius 2 is 2.30 bits per heavy atom. The Balaban J connectivity index is 2.84. The first kappa shape index (κ1) is 9.39. The van der Waals surface area contributed by atoms with Crippen LogP contribution in [-0.2, 0) is 9.53 Å². The molecule has 0 aliphatic rings. The van der Waals surface area contributed by atoms with Gasteiger partial charge in [0.1, 0.15) is 0 Å². The number of nitrogens with two attached hydrogens (primary N) is 1. The lowest BCUT2D eigenvalue weighted by Gasteiger charge is -2.01. The van der Waals surface area contributed by atoms with Gasteiger partial charge in [-0.1, -0.05) is 0 Å². The zero-order chi connectivity index (χ0) is 7.82. The lowest BCUT2D eigenvalue weighted by molar-refractivity contribution is -0.119. The minimum atomic E-state index is -0.0312. The van der Waals surface area contributed by atoms with Gasteiger partial charge in [0.05, 0.1) is 13.2 Å². The largest absolute Gasteiger partial charge is 0.378 e. The predicted molar refractivity (Wildman–Crippen MR) is 38.6 cm³/mol. The van der Waals surface area contributed by atoms with E-state index >= 15 is 0 Å². The summed E-state index contributed by atoms with van der Waals surface area (Å²) in [6.07, 6.45) is 0. The van der Waals surface area contributed by atoms with Gasteiger partial charge in [0.25, 0.3) is 0 Å². The van der Waals surface area contributed by atoms with Crippen molar-refractivity contribution >= 4 is 5.91 Å². The average Bonchev–Trinajstić information content (AvgIpc) is 1.87. The van der Waals surface area contributed by atoms with Crippen LogP contribution in [0.2, 0.25) is 0 Å². The molecule has 0 aliphatic carbocycles. The van der Waals surface area contributed by atoms with Crippen molar-refractivity contribution < 1.29 is 9.53 Å². The number of carbonyl (C=O) groups is 1. The molecule has 0 rings (SSSR count). The Bertz CT molecular complexity index is 95.7. The Labute approximate surface area is 60.7 Å². The van der Waals surface area contributed by atoms with E-state index in [2.05, 4.69) is 5.32 Å². The Hall–Kier alpha value is -0.610. The molecule has 10 heavy (non-hydrogen) atoms. The Morgan fingerprint density at radius 3 is 2.80 bits per heavy atom. The van der Waals surface area contributed by atoms with Gasteiger partial charge < -0.3 is 15.8 Å². The van der Waals surface area contributed by atoms with Crippen molar-refractivity contribution in [2.45, 2.75) is 6.92 Å². The van der Waals surface area contributed by atoms with Gasteiger partial charge in [-0.25, -0.2) is 0 Å². The molecule has 0 heterocycles. The maximum absolute atomic E-state index is 10.3. The molecular weight excluding hydrogens is 132 g/mol. The monoisotopic (exact) mass is 146 g/mol. The summed E-state index contributed by atoms with van der Waals surface area (Å²) in [5.41, 5.74) is 5.16. The SMILES string of the molecule is CC(=O)NCCOCCN. The van der Waals surface area contributed by atoms with Crippen LogP contribution in [0, 0.1) is 0 Å². The van der Waals surface area contributed by atoms with Crippen molar-refractivity contribution in [3.8, 4) is 0 Å². The van der Waals surface area contributed by atoms with Gasteiger partial charge in [-0.15, -0.1) is 0 Å². The second-order valence-corrected chi connectivity index (χ2v) is 1.88. The highest BCUT2D eigenvalue weighted by molar-refractivity contribution is 5.72. The van der Waals surface area contributed by atoms with Crippen molar-refractivity contribution in [2.75, 3.05) is 26.3 Å². The minimum Gasteiger partial charge on any atom is -0.378 e. The fourth-order valence-electron chi connectivity index (χ4n) is 0.485. The van der Waals surface area contributed by atoms with E-state index in [1.54, 1.807) is 0 Å². The number of hydrogen-bond acceptors (Lipinski definition) is 3. The minimum absolute atomic E-state index is 0.0312. The van der Waals surface area contributed by atoms with Crippen LogP contribution in [0.3, 0.4) is 0 Å². The number of rotatable bonds is 5. The third-order valence-corrected chi connectivity index (χ3v) is 0.883. The molecule has 0 aliphatic heterocycles. The molecule has 0 fully saturated rings. The number of ether oxygens (including phenoxy) is 1. The first-order valence-corrected chi connectivity index (χ1v) is 3.29. The van der Waals surface area contributed by atoms with Crippen molar-refractivity contribution in [1.29, 1.82) is 0 Å². The standard InChI is InChI=1S/C6H14N2O2/c1-6(9)8-3-5-10-4-2-7/h2-5,7H2,1H3,(H,8,9). The van der Waals surface area contributed by atoms with Crippen LogP contribution in [0.25, 0.3) is 0 Å². The van der Waals surface area contributed by atoms with Gasteiger partial charge in [-0.2, -0.15) is 0 Å². The molecule has 4 nitrogen and oxygen atoms in total. The van der Waals surface area contributed by atoms with Crippen molar-refractivity contribution in [3.63, 3.8) is 0 Å². The first-order chi connectivity index (χ1) is 4.77. The van der Waals surface area contributed by atoms with E-state index in [1.807, 2.05) is 0 Å². The highest BCUT2D eigenvalue weighted by atomic mass is 16.5. The maximum Gasteiger partial charge on any atom is 0.216 e. The molecule has 0 aromatic heterocycles. The number of amides is 1. The first-order valence-electron chi connectivity index (χ1n) is 3.29. The lowest BCUT2D eigenvalue weighted by atomic mass is 10.6. The smallest absolute Gasteiger partial charge is 0.216 e. The third kappa shape index (κ3) is 7.39. The summed E-state index contributed by atoms with van der Waals surface area (Å²) in [6, 6.07) is 0. The fraction of sp³-hybridized carbons (Fsp3) is 0.833. The van der Waals surface area contributed by atoms with E-state index in [0.29, 0.717) is 26.3 Å². The second-order valence-electron chi connectivity index (χ2n) is 1.88. The van der Waals surface area contributed by atoms with Crippen LogP contribution in [0.1, 0.15) is 6.92 Å². The Kier molecular flexibility index (Phi) is 6.11. The highest BCUT2D eigenvalue weighted by Crippen LogP contribution is 1.69. The Morgan fingerprint density at radius 1 is 1.60 bits per heavy atom. The molecule has 0 radical (unpaired) electrons. The summed E-state index contributed by atoms with van der Waals surface area (Å²) in [5, 5.41) is 2.60. The molecule has 0 spiro atoms. The molecule has 0 aromatic carbocycles. The summed E-state index contributed by atoms with van der Waals surface area (Å²) in [5.74, 6) is -0.0312. The molecule has 0 unspecified atom stereocenters. The van der Waals surface area contributed by atoms with Crippen LogP contribution in [0.4, 0.5) is 0 Å². The van der Waals surface area contributed by atoms with E-state index in [4.69, 9.17) is 10.5 Å². The molecular formula is C6H14N2O2. The van der Waals surface area contributed by atoms with Crippen LogP contribution >= 0.6 is 0 Å².